The Labute approximate surface area is 98.5 Å². The molecule has 0 bridgehead atoms. The minimum Gasteiger partial charge on any atom is -0.353 e. The number of hydrogen-bond acceptors (Lipinski definition) is 2. The molecule has 0 aliphatic rings. The van der Waals surface area contributed by atoms with Gasteiger partial charge in [-0.2, -0.15) is 0 Å². The molecule has 0 saturated carbocycles. The summed E-state index contributed by atoms with van der Waals surface area (Å²) in [5, 5.41) is 2.28. The standard InChI is InChI=1S/C14H12N2O/c1-2-9-13(8-17)15-7-12-14(9)10-5-3-4-6-11(10)16-12/h3-8,16H,2H2,1H3. The number of aryl methyl sites for hydroxylation is 1. The maximum Gasteiger partial charge on any atom is 0.168 e. The smallest absolute Gasteiger partial charge is 0.168 e. The summed E-state index contributed by atoms with van der Waals surface area (Å²) in [6, 6.07) is 8.12. The van der Waals surface area contributed by atoms with Crippen LogP contribution in [0.25, 0.3) is 21.8 Å². The van der Waals surface area contributed by atoms with Gasteiger partial charge >= 0.3 is 0 Å². The second-order valence-corrected chi connectivity index (χ2v) is 4.05. The Balaban J connectivity index is 2.55. The monoisotopic (exact) mass is 224 g/mol. The summed E-state index contributed by atoms with van der Waals surface area (Å²) in [4.78, 5) is 18.5. The van der Waals surface area contributed by atoms with E-state index >= 15 is 0 Å². The molecule has 3 heteroatoms. The lowest BCUT2D eigenvalue weighted by Crippen LogP contribution is -1.95. The summed E-state index contributed by atoms with van der Waals surface area (Å²) in [6.45, 7) is 2.05. The Hall–Kier alpha value is -2.16. The maximum absolute atomic E-state index is 11.0. The van der Waals surface area contributed by atoms with Gasteiger partial charge in [0.1, 0.15) is 5.69 Å². The molecule has 2 aromatic heterocycles. The SMILES string of the molecule is CCc1c(C=O)ncc2[nH]c3ccccc3c12. The van der Waals surface area contributed by atoms with Crippen LogP contribution in [0.2, 0.25) is 0 Å². The van der Waals surface area contributed by atoms with Crippen molar-refractivity contribution in [2.24, 2.45) is 0 Å². The van der Waals surface area contributed by atoms with Crippen molar-refractivity contribution in [1.29, 1.82) is 0 Å². The quantitative estimate of drug-likeness (QED) is 0.680. The molecule has 0 atom stereocenters. The molecule has 84 valence electrons. The maximum atomic E-state index is 11.0. The van der Waals surface area contributed by atoms with Crippen LogP contribution in [0, 0.1) is 0 Å². The minimum atomic E-state index is 0.546. The van der Waals surface area contributed by atoms with Crippen LogP contribution in [0.1, 0.15) is 23.0 Å². The third kappa shape index (κ3) is 1.35. The average molecular weight is 224 g/mol. The van der Waals surface area contributed by atoms with Gasteiger partial charge in [-0.25, -0.2) is 0 Å². The summed E-state index contributed by atoms with van der Waals surface area (Å²) in [5.74, 6) is 0. The van der Waals surface area contributed by atoms with Crippen LogP contribution in [-0.2, 0) is 6.42 Å². The largest absolute Gasteiger partial charge is 0.353 e. The molecule has 2 heterocycles. The minimum absolute atomic E-state index is 0.546. The molecule has 0 radical (unpaired) electrons. The number of aromatic amines is 1. The van der Waals surface area contributed by atoms with Gasteiger partial charge < -0.3 is 4.98 Å². The Kier molecular flexibility index (Phi) is 2.18. The zero-order chi connectivity index (χ0) is 11.8. The second-order valence-electron chi connectivity index (χ2n) is 4.05. The van der Waals surface area contributed by atoms with E-state index in [0.717, 1.165) is 40.1 Å². The molecule has 0 unspecified atom stereocenters. The lowest BCUT2D eigenvalue weighted by molar-refractivity contribution is 0.111. The van der Waals surface area contributed by atoms with E-state index in [1.54, 1.807) is 6.20 Å². The van der Waals surface area contributed by atoms with E-state index in [0.29, 0.717) is 5.69 Å². The first kappa shape index (κ1) is 10.0. The van der Waals surface area contributed by atoms with Gasteiger partial charge in [0.2, 0.25) is 0 Å². The van der Waals surface area contributed by atoms with Gasteiger partial charge in [0, 0.05) is 16.3 Å². The van der Waals surface area contributed by atoms with E-state index in [1.807, 2.05) is 25.1 Å². The topological polar surface area (TPSA) is 45.8 Å². The number of carbonyl (C=O) groups excluding carboxylic acids is 1. The summed E-state index contributed by atoms with van der Waals surface area (Å²) in [5.41, 5.74) is 3.65. The molecule has 0 saturated heterocycles. The number of aldehydes is 1. The van der Waals surface area contributed by atoms with Gasteiger partial charge in [-0.3, -0.25) is 9.78 Å². The number of pyridine rings is 1. The molecule has 0 spiro atoms. The average Bonchev–Trinajstić information content (AvgIpc) is 2.76. The zero-order valence-corrected chi connectivity index (χ0v) is 9.53. The molecule has 1 N–H and O–H groups in total. The fourth-order valence-corrected chi connectivity index (χ4v) is 2.38. The van der Waals surface area contributed by atoms with Crippen LogP contribution < -0.4 is 0 Å². The van der Waals surface area contributed by atoms with Crippen molar-refractivity contribution in [3.05, 3.63) is 41.7 Å². The highest BCUT2D eigenvalue weighted by atomic mass is 16.1. The number of nitrogens with zero attached hydrogens (tertiary/aromatic N) is 1. The van der Waals surface area contributed by atoms with Gasteiger partial charge in [-0.05, 0) is 18.1 Å². The molecule has 0 fully saturated rings. The van der Waals surface area contributed by atoms with Crippen molar-refractivity contribution >= 4 is 28.1 Å². The summed E-state index contributed by atoms with van der Waals surface area (Å²) >= 11 is 0. The van der Waals surface area contributed by atoms with Crippen LogP contribution in [0.5, 0.6) is 0 Å². The van der Waals surface area contributed by atoms with E-state index in [9.17, 15) is 4.79 Å². The first-order valence-electron chi connectivity index (χ1n) is 5.68. The zero-order valence-electron chi connectivity index (χ0n) is 9.53. The molecule has 1 aromatic carbocycles. The highest BCUT2D eigenvalue weighted by Crippen LogP contribution is 2.29. The molecule has 3 rings (SSSR count). The van der Waals surface area contributed by atoms with Crippen LogP contribution in [0.3, 0.4) is 0 Å². The Morgan fingerprint density at radius 1 is 1.29 bits per heavy atom. The van der Waals surface area contributed by atoms with Crippen molar-refractivity contribution in [2.45, 2.75) is 13.3 Å². The lowest BCUT2D eigenvalue weighted by Gasteiger charge is -2.02. The molecular formula is C14H12N2O. The first-order valence-corrected chi connectivity index (χ1v) is 5.68. The fraction of sp³-hybridized carbons (Fsp3) is 0.143. The number of para-hydroxylation sites is 1. The molecule has 0 aliphatic heterocycles. The van der Waals surface area contributed by atoms with Crippen molar-refractivity contribution in [1.82, 2.24) is 9.97 Å². The second kappa shape index (κ2) is 3.70. The molecular weight excluding hydrogens is 212 g/mol. The number of carbonyl (C=O) groups is 1. The van der Waals surface area contributed by atoms with Crippen LogP contribution in [0.4, 0.5) is 0 Å². The summed E-state index contributed by atoms with van der Waals surface area (Å²) < 4.78 is 0. The molecule has 3 nitrogen and oxygen atoms in total. The van der Waals surface area contributed by atoms with E-state index in [-0.39, 0.29) is 0 Å². The van der Waals surface area contributed by atoms with Crippen molar-refractivity contribution < 1.29 is 4.79 Å². The third-order valence-corrected chi connectivity index (χ3v) is 3.14. The number of fused-ring (bicyclic) bond motifs is 3. The lowest BCUT2D eigenvalue weighted by atomic mass is 10.0. The Morgan fingerprint density at radius 3 is 2.88 bits per heavy atom. The number of hydrogen-bond donors (Lipinski definition) is 1. The van der Waals surface area contributed by atoms with Crippen molar-refractivity contribution in [3.63, 3.8) is 0 Å². The normalized spacial score (nSPS) is 11.1. The highest BCUT2D eigenvalue weighted by Gasteiger charge is 2.11. The van der Waals surface area contributed by atoms with Gasteiger partial charge in [0.05, 0.1) is 11.7 Å². The number of nitrogens with one attached hydrogen (secondary N) is 1. The highest BCUT2D eigenvalue weighted by molar-refractivity contribution is 6.10. The van der Waals surface area contributed by atoms with Crippen LogP contribution >= 0.6 is 0 Å². The predicted molar refractivity (Wildman–Crippen MR) is 68.4 cm³/mol. The van der Waals surface area contributed by atoms with Crippen LogP contribution in [-0.4, -0.2) is 16.3 Å². The summed E-state index contributed by atoms with van der Waals surface area (Å²) in [6.07, 6.45) is 3.37. The Bertz CT molecular complexity index is 713. The first-order chi connectivity index (χ1) is 8.35. The number of benzene rings is 1. The van der Waals surface area contributed by atoms with E-state index in [4.69, 9.17) is 0 Å². The number of rotatable bonds is 2. The molecule has 17 heavy (non-hydrogen) atoms. The molecule has 0 amide bonds. The molecule has 0 aliphatic carbocycles. The van der Waals surface area contributed by atoms with Gasteiger partial charge in [0.15, 0.2) is 6.29 Å². The third-order valence-electron chi connectivity index (χ3n) is 3.14. The fourth-order valence-electron chi connectivity index (χ4n) is 2.38. The summed E-state index contributed by atoms with van der Waals surface area (Å²) in [7, 11) is 0. The van der Waals surface area contributed by atoms with E-state index < -0.39 is 0 Å². The van der Waals surface area contributed by atoms with Gasteiger partial charge in [0.25, 0.3) is 0 Å². The predicted octanol–water partition coefficient (Wildman–Crippen LogP) is 3.09. The van der Waals surface area contributed by atoms with Gasteiger partial charge in [-0.1, -0.05) is 25.1 Å². The van der Waals surface area contributed by atoms with Crippen molar-refractivity contribution in [2.75, 3.05) is 0 Å². The van der Waals surface area contributed by atoms with E-state index in [2.05, 4.69) is 16.0 Å². The van der Waals surface area contributed by atoms with Crippen LogP contribution in [0.15, 0.2) is 30.5 Å². The number of aromatic nitrogens is 2. The van der Waals surface area contributed by atoms with E-state index in [1.165, 1.54) is 0 Å². The van der Waals surface area contributed by atoms with Crippen molar-refractivity contribution in [3.8, 4) is 0 Å². The molecule has 3 aromatic rings. The van der Waals surface area contributed by atoms with Gasteiger partial charge in [-0.15, -0.1) is 0 Å². The number of H-pyrrole nitrogens is 1. The Morgan fingerprint density at radius 2 is 2.12 bits per heavy atom.